The number of carbonyl (C=O) groups is 2. The average Bonchev–Trinajstić information content (AvgIpc) is 3.08. The molecule has 0 aromatic carbocycles. The second-order valence-corrected chi connectivity index (χ2v) is 7.80. The number of rotatable bonds is 4. The van der Waals surface area contributed by atoms with Gasteiger partial charge >= 0.3 is 0 Å². The summed E-state index contributed by atoms with van der Waals surface area (Å²) in [5.41, 5.74) is 0. The Morgan fingerprint density at radius 3 is 2.18 bits per heavy atom. The summed E-state index contributed by atoms with van der Waals surface area (Å²) in [6, 6.07) is 0.848. The fourth-order valence-corrected chi connectivity index (χ4v) is 5.02. The Labute approximate surface area is 132 Å². The normalized spacial score (nSPS) is 40.9. The van der Waals surface area contributed by atoms with Gasteiger partial charge in [-0.1, -0.05) is 0 Å². The van der Waals surface area contributed by atoms with Crippen molar-refractivity contribution in [1.82, 2.24) is 5.32 Å². The van der Waals surface area contributed by atoms with Crippen molar-refractivity contribution < 1.29 is 19.6 Å². The molecule has 3 rings (SSSR count). The molecular weight excluding hydrogens is 280 g/mol. The molecule has 3 fully saturated rings. The third-order valence-electron chi connectivity index (χ3n) is 6.28. The van der Waals surface area contributed by atoms with E-state index in [0.717, 1.165) is 45.2 Å². The van der Waals surface area contributed by atoms with Crippen molar-refractivity contribution in [3.63, 3.8) is 0 Å². The fraction of sp³-hybridized carbons (Fsp3) is 0.882. The summed E-state index contributed by atoms with van der Waals surface area (Å²) in [4.78, 5) is 25.6. The molecule has 0 unspecified atom stereocenters. The van der Waals surface area contributed by atoms with Gasteiger partial charge in [0.2, 0.25) is 5.91 Å². The first kappa shape index (κ1) is 15.8. The van der Waals surface area contributed by atoms with E-state index in [4.69, 9.17) is 0 Å². The van der Waals surface area contributed by atoms with Gasteiger partial charge in [-0.15, -0.1) is 0 Å². The minimum absolute atomic E-state index is 0.0283. The van der Waals surface area contributed by atoms with Crippen LogP contribution in [0, 0.1) is 23.7 Å². The first-order valence-electron chi connectivity index (χ1n) is 8.83. The summed E-state index contributed by atoms with van der Waals surface area (Å²) < 4.78 is 0. The van der Waals surface area contributed by atoms with Crippen molar-refractivity contribution in [1.29, 1.82) is 0 Å². The Bertz CT molecular complexity index is 443. The van der Waals surface area contributed by atoms with E-state index in [1.54, 1.807) is 4.90 Å². The van der Waals surface area contributed by atoms with Crippen LogP contribution in [0.3, 0.4) is 0 Å². The van der Waals surface area contributed by atoms with Crippen LogP contribution in [0.4, 0.5) is 0 Å². The lowest BCUT2D eigenvalue weighted by atomic mass is 9.78. The summed E-state index contributed by atoms with van der Waals surface area (Å²) in [5.74, 6) is -1.53. The molecule has 1 heterocycles. The molecular formula is C17H28N2O3. The Morgan fingerprint density at radius 1 is 1.05 bits per heavy atom. The smallest absolute Gasteiger partial charge is 0.224 e. The summed E-state index contributed by atoms with van der Waals surface area (Å²) in [5, 5.41) is 14.6. The Kier molecular flexibility index (Phi) is 4.44. The van der Waals surface area contributed by atoms with Gasteiger partial charge in [0.05, 0.1) is 19.1 Å². The standard InChI is InChI=1S/C17H28N2O3/c1-10(2)19-7-5-13(6-8-19)18-16(20)14-11-3-4-12(9-11)15(14)17(21)22/h10-15H,3-9H2,1-2H3,(H,18,20)(H,21,22)/t11-,12+,14-,15+/m1/s1. The fourth-order valence-electron chi connectivity index (χ4n) is 5.02. The molecule has 124 valence electrons. The lowest BCUT2D eigenvalue weighted by Gasteiger charge is -2.35. The number of quaternary nitrogens is 1. The average molecular weight is 308 g/mol. The minimum atomic E-state index is -1.02. The number of carbonyl (C=O) groups excluding carboxylic acids is 2. The van der Waals surface area contributed by atoms with Gasteiger partial charge in [0, 0.05) is 36.7 Å². The zero-order valence-electron chi connectivity index (χ0n) is 13.6. The van der Waals surface area contributed by atoms with Gasteiger partial charge in [0.25, 0.3) is 0 Å². The van der Waals surface area contributed by atoms with Gasteiger partial charge < -0.3 is 20.1 Å². The van der Waals surface area contributed by atoms with Crippen LogP contribution >= 0.6 is 0 Å². The Hall–Kier alpha value is -1.10. The van der Waals surface area contributed by atoms with E-state index in [9.17, 15) is 14.7 Å². The Morgan fingerprint density at radius 2 is 1.64 bits per heavy atom. The molecule has 0 spiro atoms. The van der Waals surface area contributed by atoms with E-state index in [1.165, 1.54) is 0 Å². The van der Waals surface area contributed by atoms with Crippen molar-refractivity contribution in [3.05, 3.63) is 0 Å². The molecule has 22 heavy (non-hydrogen) atoms. The highest BCUT2D eigenvalue weighted by molar-refractivity contribution is 5.85. The van der Waals surface area contributed by atoms with Gasteiger partial charge in [-0.2, -0.15) is 0 Å². The summed E-state index contributed by atoms with van der Waals surface area (Å²) in [6.07, 6.45) is 4.84. The maximum atomic E-state index is 12.6. The highest BCUT2D eigenvalue weighted by Crippen LogP contribution is 2.52. The molecule has 2 aliphatic carbocycles. The number of hydrogen-bond acceptors (Lipinski definition) is 3. The quantitative estimate of drug-likeness (QED) is 0.697. The predicted molar refractivity (Wildman–Crippen MR) is 79.8 cm³/mol. The van der Waals surface area contributed by atoms with Crippen LogP contribution in [0.1, 0.15) is 46.0 Å². The molecule has 0 radical (unpaired) electrons. The maximum Gasteiger partial charge on any atom is 0.224 e. The van der Waals surface area contributed by atoms with Gasteiger partial charge in [-0.3, -0.25) is 4.79 Å². The molecule has 2 saturated carbocycles. The SMILES string of the molecule is CC(C)[NH+]1CCC(NC(=O)[C@@H]2[C@@H]3CC[C@@H](C3)[C@@H]2C(=O)[O-])CC1. The first-order valence-corrected chi connectivity index (χ1v) is 8.83. The van der Waals surface area contributed by atoms with Crippen LogP contribution in [0.15, 0.2) is 0 Å². The van der Waals surface area contributed by atoms with Crippen molar-refractivity contribution in [2.45, 2.75) is 58.0 Å². The van der Waals surface area contributed by atoms with Gasteiger partial charge in [0.15, 0.2) is 0 Å². The number of likely N-dealkylation sites (tertiary alicyclic amines) is 1. The van der Waals surface area contributed by atoms with Gasteiger partial charge in [-0.25, -0.2) is 0 Å². The van der Waals surface area contributed by atoms with Crippen LogP contribution in [0.5, 0.6) is 0 Å². The maximum absolute atomic E-state index is 12.6. The minimum Gasteiger partial charge on any atom is -0.550 e. The van der Waals surface area contributed by atoms with Crippen LogP contribution < -0.4 is 15.3 Å². The lowest BCUT2D eigenvalue weighted by molar-refractivity contribution is -0.926. The van der Waals surface area contributed by atoms with Crippen LogP contribution in [-0.2, 0) is 9.59 Å². The number of fused-ring (bicyclic) bond motifs is 2. The third kappa shape index (κ3) is 2.87. The van der Waals surface area contributed by atoms with Crippen molar-refractivity contribution in [2.24, 2.45) is 23.7 Å². The van der Waals surface area contributed by atoms with Crippen LogP contribution in [-0.4, -0.2) is 37.0 Å². The molecule has 4 atom stereocenters. The second-order valence-electron chi connectivity index (χ2n) is 7.80. The van der Waals surface area contributed by atoms with Crippen molar-refractivity contribution in [3.8, 4) is 0 Å². The molecule has 1 amide bonds. The number of piperidine rings is 1. The third-order valence-corrected chi connectivity index (χ3v) is 6.28. The van der Waals surface area contributed by atoms with E-state index >= 15 is 0 Å². The monoisotopic (exact) mass is 308 g/mol. The highest BCUT2D eigenvalue weighted by atomic mass is 16.4. The number of hydrogen-bond donors (Lipinski definition) is 2. The number of nitrogens with one attached hydrogen (secondary N) is 2. The first-order chi connectivity index (χ1) is 10.5. The molecule has 0 aromatic heterocycles. The highest BCUT2D eigenvalue weighted by Gasteiger charge is 2.51. The molecule has 1 saturated heterocycles. The summed E-state index contributed by atoms with van der Waals surface area (Å²) >= 11 is 0. The second kappa shape index (κ2) is 6.19. The number of aliphatic carboxylic acids is 1. The molecule has 3 aliphatic rings. The van der Waals surface area contributed by atoms with E-state index in [-0.39, 0.29) is 29.7 Å². The number of carboxylic acid groups (broad SMARTS) is 1. The molecule has 5 heteroatoms. The number of amides is 1. The van der Waals surface area contributed by atoms with E-state index in [1.807, 2.05) is 0 Å². The van der Waals surface area contributed by atoms with Crippen molar-refractivity contribution in [2.75, 3.05) is 13.1 Å². The summed E-state index contributed by atoms with van der Waals surface area (Å²) in [7, 11) is 0. The van der Waals surface area contributed by atoms with Crippen molar-refractivity contribution >= 4 is 11.9 Å². The van der Waals surface area contributed by atoms with Crippen LogP contribution in [0.2, 0.25) is 0 Å². The van der Waals surface area contributed by atoms with Gasteiger partial charge in [-0.05, 0) is 44.9 Å². The molecule has 2 bridgehead atoms. The van der Waals surface area contributed by atoms with E-state index < -0.39 is 11.9 Å². The molecule has 1 aliphatic heterocycles. The summed E-state index contributed by atoms with van der Waals surface area (Å²) in [6.45, 7) is 6.63. The van der Waals surface area contributed by atoms with Crippen LogP contribution in [0.25, 0.3) is 0 Å². The topological polar surface area (TPSA) is 73.7 Å². The zero-order chi connectivity index (χ0) is 15.9. The largest absolute Gasteiger partial charge is 0.550 e. The molecule has 0 aromatic rings. The zero-order valence-corrected chi connectivity index (χ0v) is 13.6. The van der Waals surface area contributed by atoms with E-state index in [0.29, 0.717) is 6.04 Å². The molecule has 2 N–H and O–H groups in total. The number of carboxylic acids is 1. The predicted octanol–water partition coefficient (Wildman–Crippen LogP) is -1.03. The van der Waals surface area contributed by atoms with E-state index in [2.05, 4.69) is 19.2 Å². The lowest BCUT2D eigenvalue weighted by Crippen LogP contribution is -3.16. The van der Waals surface area contributed by atoms with Gasteiger partial charge in [0.1, 0.15) is 0 Å². The Balaban J connectivity index is 1.57. The molecule has 5 nitrogen and oxygen atoms in total.